The van der Waals surface area contributed by atoms with Gasteiger partial charge in [-0.15, -0.1) is 0 Å². The minimum absolute atomic E-state index is 0.133. The number of hydrogen-bond acceptors (Lipinski definition) is 6. The number of ketones is 2. The highest BCUT2D eigenvalue weighted by Gasteiger charge is 2.30. The quantitative estimate of drug-likeness (QED) is 0.500. The van der Waals surface area contributed by atoms with Gasteiger partial charge in [-0.2, -0.15) is 0 Å². The minimum atomic E-state index is -0.133. The predicted molar refractivity (Wildman–Crippen MR) is 131 cm³/mol. The topological polar surface area (TPSA) is 59.1 Å². The van der Waals surface area contributed by atoms with Crippen molar-refractivity contribution in [3.8, 4) is 11.5 Å². The lowest BCUT2D eigenvalue weighted by Crippen LogP contribution is -2.33. The number of fused-ring (bicyclic) bond motifs is 2. The highest BCUT2D eigenvalue weighted by Crippen LogP contribution is 2.32. The summed E-state index contributed by atoms with van der Waals surface area (Å²) in [5, 5.41) is 0. The summed E-state index contributed by atoms with van der Waals surface area (Å²) in [7, 11) is 0. The largest absolute Gasteiger partial charge is 0.492 e. The van der Waals surface area contributed by atoms with Crippen molar-refractivity contribution in [1.29, 1.82) is 0 Å². The van der Waals surface area contributed by atoms with E-state index in [1.165, 1.54) is 38.5 Å². The van der Waals surface area contributed by atoms with Crippen LogP contribution >= 0.6 is 0 Å². The number of carbonyl (C=O) groups excluding carboxylic acids is 2. The van der Waals surface area contributed by atoms with Crippen LogP contribution in [0.4, 0.5) is 0 Å². The summed E-state index contributed by atoms with van der Waals surface area (Å²) >= 11 is 0. The first kappa shape index (κ1) is 23.1. The molecule has 2 heterocycles. The van der Waals surface area contributed by atoms with Gasteiger partial charge in [-0.3, -0.25) is 19.4 Å². The van der Waals surface area contributed by atoms with E-state index in [4.69, 9.17) is 9.47 Å². The molecule has 0 spiro atoms. The summed E-state index contributed by atoms with van der Waals surface area (Å²) in [6.07, 6.45) is 7.62. The third-order valence-corrected chi connectivity index (χ3v) is 7.21. The van der Waals surface area contributed by atoms with E-state index in [0.29, 0.717) is 47.0 Å². The van der Waals surface area contributed by atoms with Gasteiger partial charge in [0.25, 0.3) is 0 Å². The standard InChI is InChI=1S/C28H34N2O4/c31-27-24-10-8-22(34-18-16-30-13-5-2-6-14-30)20-26(24)28(32)23-9-7-21(19-25(23)27)33-17-15-29-11-3-1-4-12-29/h7-10,19-20H,1-6,11-18H2. The third-order valence-electron chi connectivity index (χ3n) is 7.21. The van der Waals surface area contributed by atoms with Crippen LogP contribution in [0.25, 0.3) is 0 Å². The maximum atomic E-state index is 13.2. The molecule has 3 aliphatic rings. The van der Waals surface area contributed by atoms with Gasteiger partial charge < -0.3 is 9.47 Å². The molecule has 2 aliphatic heterocycles. The Morgan fingerprint density at radius 2 is 0.971 bits per heavy atom. The van der Waals surface area contributed by atoms with Crippen molar-refractivity contribution < 1.29 is 19.1 Å². The van der Waals surface area contributed by atoms with Crippen LogP contribution in [-0.2, 0) is 0 Å². The molecule has 2 aromatic rings. The van der Waals surface area contributed by atoms with E-state index in [0.717, 1.165) is 39.3 Å². The SMILES string of the molecule is O=C1c2ccc(OCCN3CCCCC3)cc2C(=O)c2ccc(OCCN3CCCCC3)cc21. The van der Waals surface area contributed by atoms with Crippen molar-refractivity contribution in [3.05, 3.63) is 58.7 Å². The van der Waals surface area contributed by atoms with Crippen molar-refractivity contribution in [2.24, 2.45) is 0 Å². The molecule has 6 heteroatoms. The van der Waals surface area contributed by atoms with Gasteiger partial charge in [-0.1, -0.05) is 12.8 Å². The maximum absolute atomic E-state index is 13.2. The molecular formula is C28H34N2O4. The van der Waals surface area contributed by atoms with E-state index < -0.39 is 0 Å². The van der Waals surface area contributed by atoms with Gasteiger partial charge in [0, 0.05) is 35.3 Å². The van der Waals surface area contributed by atoms with Gasteiger partial charge in [0.05, 0.1) is 0 Å². The van der Waals surface area contributed by atoms with Crippen LogP contribution < -0.4 is 9.47 Å². The smallest absolute Gasteiger partial charge is 0.194 e. The number of benzene rings is 2. The molecule has 0 radical (unpaired) electrons. The molecule has 0 bridgehead atoms. The van der Waals surface area contributed by atoms with E-state index in [-0.39, 0.29) is 11.6 Å². The molecule has 0 unspecified atom stereocenters. The van der Waals surface area contributed by atoms with Crippen molar-refractivity contribution in [2.75, 3.05) is 52.5 Å². The van der Waals surface area contributed by atoms with Crippen LogP contribution in [0.15, 0.2) is 36.4 Å². The number of rotatable bonds is 8. The molecule has 0 N–H and O–H groups in total. The molecule has 0 saturated carbocycles. The van der Waals surface area contributed by atoms with Crippen LogP contribution in [0.5, 0.6) is 11.5 Å². The van der Waals surface area contributed by atoms with Gasteiger partial charge in [0.1, 0.15) is 24.7 Å². The second kappa shape index (κ2) is 10.7. The molecule has 180 valence electrons. The number of nitrogens with zero attached hydrogens (tertiary/aromatic N) is 2. The van der Waals surface area contributed by atoms with Crippen molar-refractivity contribution in [2.45, 2.75) is 38.5 Å². The second-order valence-electron chi connectivity index (χ2n) is 9.57. The summed E-state index contributed by atoms with van der Waals surface area (Å²) < 4.78 is 11.9. The first-order valence-electron chi connectivity index (χ1n) is 12.8. The lowest BCUT2D eigenvalue weighted by Gasteiger charge is -2.26. The molecule has 1 aliphatic carbocycles. The molecule has 5 rings (SSSR count). The van der Waals surface area contributed by atoms with Crippen molar-refractivity contribution in [1.82, 2.24) is 9.80 Å². The maximum Gasteiger partial charge on any atom is 0.194 e. The van der Waals surface area contributed by atoms with E-state index in [2.05, 4.69) is 9.80 Å². The van der Waals surface area contributed by atoms with Crippen LogP contribution in [0.1, 0.15) is 70.4 Å². The fourth-order valence-corrected chi connectivity index (χ4v) is 5.24. The average Bonchev–Trinajstić information content (AvgIpc) is 2.88. The lowest BCUT2D eigenvalue weighted by molar-refractivity contribution is 0.0978. The molecule has 0 amide bonds. The molecule has 2 aromatic carbocycles. The molecule has 2 fully saturated rings. The van der Waals surface area contributed by atoms with Crippen LogP contribution in [0.2, 0.25) is 0 Å². The Balaban J connectivity index is 1.22. The Morgan fingerprint density at radius 3 is 1.38 bits per heavy atom. The zero-order chi connectivity index (χ0) is 23.3. The van der Waals surface area contributed by atoms with Crippen molar-refractivity contribution >= 4 is 11.6 Å². The predicted octanol–water partition coefficient (Wildman–Crippen LogP) is 4.19. The molecule has 0 atom stereocenters. The van der Waals surface area contributed by atoms with Gasteiger partial charge in [0.15, 0.2) is 11.6 Å². The number of likely N-dealkylation sites (tertiary alicyclic amines) is 2. The highest BCUT2D eigenvalue weighted by molar-refractivity contribution is 6.28. The lowest BCUT2D eigenvalue weighted by atomic mass is 9.84. The Hall–Kier alpha value is -2.70. The molecule has 0 aromatic heterocycles. The van der Waals surface area contributed by atoms with E-state index in [1.54, 1.807) is 36.4 Å². The molecular weight excluding hydrogens is 428 g/mol. The fraction of sp³-hybridized carbons (Fsp3) is 0.500. The highest BCUT2D eigenvalue weighted by atomic mass is 16.5. The number of carbonyl (C=O) groups is 2. The monoisotopic (exact) mass is 462 g/mol. The minimum Gasteiger partial charge on any atom is -0.492 e. The van der Waals surface area contributed by atoms with Gasteiger partial charge >= 0.3 is 0 Å². The second-order valence-corrected chi connectivity index (χ2v) is 9.57. The summed E-state index contributed by atoms with van der Waals surface area (Å²) in [4.78, 5) is 31.2. The zero-order valence-corrected chi connectivity index (χ0v) is 19.9. The number of hydrogen-bond donors (Lipinski definition) is 0. The first-order chi connectivity index (χ1) is 16.7. The Labute approximate surface area is 201 Å². The fourth-order valence-electron chi connectivity index (χ4n) is 5.24. The third kappa shape index (κ3) is 5.18. The Morgan fingerprint density at radius 1 is 0.559 bits per heavy atom. The summed E-state index contributed by atoms with van der Waals surface area (Å²) in [5.41, 5.74) is 1.72. The summed E-state index contributed by atoms with van der Waals surface area (Å²) in [5.74, 6) is 1.01. The normalized spacial score (nSPS) is 18.9. The van der Waals surface area contributed by atoms with Crippen LogP contribution in [-0.4, -0.2) is 73.8 Å². The molecule has 2 saturated heterocycles. The van der Waals surface area contributed by atoms with Gasteiger partial charge in [-0.25, -0.2) is 0 Å². The molecule has 6 nitrogen and oxygen atoms in total. The van der Waals surface area contributed by atoms with Crippen molar-refractivity contribution in [3.63, 3.8) is 0 Å². The van der Waals surface area contributed by atoms with E-state index in [1.807, 2.05) is 0 Å². The summed E-state index contributed by atoms with van der Waals surface area (Å²) in [6, 6.07) is 10.5. The number of ether oxygens (including phenoxy) is 2. The Kier molecular flexibility index (Phi) is 7.26. The number of piperidine rings is 2. The van der Waals surface area contributed by atoms with Gasteiger partial charge in [0.2, 0.25) is 0 Å². The average molecular weight is 463 g/mol. The van der Waals surface area contributed by atoms with Gasteiger partial charge in [-0.05, 0) is 88.3 Å². The Bertz CT molecular complexity index is 955. The van der Waals surface area contributed by atoms with E-state index >= 15 is 0 Å². The van der Waals surface area contributed by atoms with Crippen LogP contribution in [0.3, 0.4) is 0 Å². The summed E-state index contributed by atoms with van der Waals surface area (Å²) in [6.45, 7) is 7.43. The van der Waals surface area contributed by atoms with Crippen LogP contribution in [0, 0.1) is 0 Å². The molecule has 34 heavy (non-hydrogen) atoms. The van der Waals surface area contributed by atoms with E-state index in [9.17, 15) is 9.59 Å². The zero-order valence-electron chi connectivity index (χ0n) is 19.9. The first-order valence-corrected chi connectivity index (χ1v) is 12.8.